The van der Waals surface area contributed by atoms with Crippen LogP contribution in [0.25, 0.3) is 0 Å². The Morgan fingerprint density at radius 3 is 2.14 bits per heavy atom. The van der Waals surface area contributed by atoms with Gasteiger partial charge in [-0.2, -0.15) is 8.42 Å². The Morgan fingerprint density at radius 1 is 1.03 bits per heavy atom. The van der Waals surface area contributed by atoms with Crippen molar-refractivity contribution in [2.75, 3.05) is 13.7 Å². The van der Waals surface area contributed by atoms with E-state index in [-0.39, 0.29) is 17.2 Å². The Bertz CT molecular complexity index is 915. The molecule has 0 heterocycles. The van der Waals surface area contributed by atoms with Crippen molar-refractivity contribution < 1.29 is 26.9 Å². The Labute approximate surface area is 172 Å². The maximum Gasteiger partial charge on any atom is 0.407 e. The van der Waals surface area contributed by atoms with Gasteiger partial charge in [0.15, 0.2) is 0 Å². The number of aryl methyl sites for hydroxylation is 1. The number of alkyl carbamates (subject to hydrolysis) is 1. The van der Waals surface area contributed by atoms with E-state index in [1.807, 2.05) is 6.92 Å². The molecule has 8 heteroatoms. The lowest BCUT2D eigenvalue weighted by Gasteiger charge is -2.21. The van der Waals surface area contributed by atoms with Gasteiger partial charge in [-0.1, -0.05) is 29.8 Å². The van der Waals surface area contributed by atoms with Gasteiger partial charge in [0.05, 0.1) is 12.6 Å². The highest BCUT2D eigenvalue weighted by Crippen LogP contribution is 2.23. The zero-order chi connectivity index (χ0) is 21.7. The first kappa shape index (κ1) is 22.7. The number of methoxy groups -OCH3 is 1. The normalized spacial score (nSPS) is 12.9. The van der Waals surface area contributed by atoms with Gasteiger partial charge in [0, 0.05) is 7.11 Å². The fraction of sp³-hybridized carbons (Fsp3) is 0.381. The summed E-state index contributed by atoms with van der Waals surface area (Å²) in [6, 6.07) is 12.9. The molecule has 1 N–H and O–H groups in total. The molecule has 0 aromatic heterocycles. The van der Waals surface area contributed by atoms with Crippen LogP contribution in [-0.2, 0) is 19.6 Å². The number of amides is 1. The average Bonchev–Trinajstić information content (AvgIpc) is 2.62. The van der Waals surface area contributed by atoms with Crippen molar-refractivity contribution in [3.8, 4) is 5.75 Å². The van der Waals surface area contributed by atoms with E-state index in [4.69, 9.17) is 13.7 Å². The minimum Gasteiger partial charge on any atom is -0.444 e. The summed E-state index contributed by atoms with van der Waals surface area (Å²) in [5, 5.41) is 2.65. The predicted molar refractivity (Wildman–Crippen MR) is 109 cm³/mol. The summed E-state index contributed by atoms with van der Waals surface area (Å²) in [5.41, 5.74) is 1.12. The third-order valence-electron chi connectivity index (χ3n) is 3.88. The minimum absolute atomic E-state index is 0.0866. The predicted octanol–water partition coefficient (Wildman–Crippen LogP) is 3.97. The number of ether oxygens (including phenoxy) is 2. The number of nitrogens with one attached hydrogen (secondary N) is 1. The molecule has 1 unspecified atom stereocenters. The summed E-state index contributed by atoms with van der Waals surface area (Å²) >= 11 is 0. The van der Waals surface area contributed by atoms with Crippen molar-refractivity contribution in [1.29, 1.82) is 0 Å². The van der Waals surface area contributed by atoms with Gasteiger partial charge in [-0.3, -0.25) is 0 Å². The number of hydrogen-bond acceptors (Lipinski definition) is 6. The van der Waals surface area contributed by atoms with E-state index in [0.717, 1.165) is 11.1 Å². The summed E-state index contributed by atoms with van der Waals surface area (Å²) < 4.78 is 40.5. The van der Waals surface area contributed by atoms with E-state index in [9.17, 15) is 13.2 Å². The van der Waals surface area contributed by atoms with Crippen molar-refractivity contribution in [2.45, 2.75) is 44.3 Å². The lowest BCUT2D eigenvalue weighted by Crippen LogP contribution is -2.35. The Balaban J connectivity index is 2.02. The molecule has 1 amide bonds. The van der Waals surface area contributed by atoms with Crippen molar-refractivity contribution in [3.63, 3.8) is 0 Å². The number of hydrogen-bond donors (Lipinski definition) is 1. The molecule has 0 saturated heterocycles. The van der Waals surface area contributed by atoms with E-state index in [0.29, 0.717) is 0 Å². The Hall–Kier alpha value is -2.58. The van der Waals surface area contributed by atoms with Crippen molar-refractivity contribution in [2.24, 2.45) is 0 Å². The van der Waals surface area contributed by atoms with Crippen LogP contribution >= 0.6 is 0 Å². The molecule has 0 spiro atoms. The van der Waals surface area contributed by atoms with Crippen LogP contribution in [0.5, 0.6) is 5.75 Å². The zero-order valence-electron chi connectivity index (χ0n) is 17.3. The first-order valence-electron chi connectivity index (χ1n) is 9.11. The van der Waals surface area contributed by atoms with Gasteiger partial charge in [0.25, 0.3) is 0 Å². The standard InChI is InChI=1S/C21H27NO6S/c1-15-6-12-18(13-7-15)29(24,25)28-17-10-8-16(9-11-17)19(26-5)14-22-20(23)27-21(2,3)4/h6-13,19H,14H2,1-5H3,(H,22,23). The van der Waals surface area contributed by atoms with Crippen LogP contribution in [0, 0.1) is 6.92 Å². The van der Waals surface area contributed by atoms with Gasteiger partial charge in [-0.25, -0.2) is 4.79 Å². The highest BCUT2D eigenvalue weighted by atomic mass is 32.2. The second-order valence-electron chi connectivity index (χ2n) is 7.53. The molecule has 0 aliphatic rings. The van der Waals surface area contributed by atoms with Crippen LogP contribution in [0.3, 0.4) is 0 Å². The van der Waals surface area contributed by atoms with Crippen molar-refractivity contribution in [1.82, 2.24) is 5.32 Å². The monoisotopic (exact) mass is 421 g/mol. The van der Waals surface area contributed by atoms with Gasteiger partial charge < -0.3 is 19.0 Å². The Kier molecular flexibility index (Phi) is 7.26. The molecule has 2 aromatic carbocycles. The lowest BCUT2D eigenvalue weighted by atomic mass is 10.1. The van der Waals surface area contributed by atoms with Gasteiger partial charge in [0.1, 0.15) is 16.2 Å². The van der Waals surface area contributed by atoms with Gasteiger partial charge in [0.2, 0.25) is 0 Å². The molecule has 2 aromatic rings. The number of benzene rings is 2. The fourth-order valence-electron chi connectivity index (χ4n) is 2.45. The van der Waals surface area contributed by atoms with E-state index < -0.39 is 27.9 Å². The molecule has 29 heavy (non-hydrogen) atoms. The maximum atomic E-state index is 12.4. The molecular formula is C21H27NO6S. The van der Waals surface area contributed by atoms with Crippen molar-refractivity contribution in [3.05, 3.63) is 59.7 Å². The first-order chi connectivity index (χ1) is 13.5. The fourth-order valence-corrected chi connectivity index (χ4v) is 3.38. The first-order valence-corrected chi connectivity index (χ1v) is 10.5. The maximum absolute atomic E-state index is 12.4. The quantitative estimate of drug-likeness (QED) is 0.680. The van der Waals surface area contributed by atoms with Gasteiger partial charge >= 0.3 is 16.2 Å². The van der Waals surface area contributed by atoms with Crippen LogP contribution in [0.15, 0.2) is 53.4 Å². The van der Waals surface area contributed by atoms with Crippen LogP contribution in [-0.4, -0.2) is 33.8 Å². The number of carbonyl (C=O) groups is 1. The van der Waals surface area contributed by atoms with E-state index >= 15 is 0 Å². The SMILES string of the molecule is COC(CNC(=O)OC(C)(C)C)c1ccc(OS(=O)(=O)c2ccc(C)cc2)cc1. The molecule has 0 bridgehead atoms. The highest BCUT2D eigenvalue weighted by molar-refractivity contribution is 7.87. The largest absolute Gasteiger partial charge is 0.444 e. The van der Waals surface area contributed by atoms with Gasteiger partial charge in [-0.15, -0.1) is 0 Å². The lowest BCUT2D eigenvalue weighted by molar-refractivity contribution is 0.0456. The summed E-state index contributed by atoms with van der Waals surface area (Å²) in [6.07, 6.45) is -0.964. The van der Waals surface area contributed by atoms with E-state index in [1.54, 1.807) is 57.2 Å². The molecule has 0 fully saturated rings. The third kappa shape index (κ3) is 7.07. The van der Waals surface area contributed by atoms with E-state index in [1.165, 1.54) is 19.2 Å². The second-order valence-corrected chi connectivity index (χ2v) is 9.07. The third-order valence-corrected chi connectivity index (χ3v) is 5.14. The van der Waals surface area contributed by atoms with Crippen molar-refractivity contribution >= 4 is 16.2 Å². The molecule has 0 aliphatic heterocycles. The average molecular weight is 422 g/mol. The van der Waals surface area contributed by atoms with E-state index in [2.05, 4.69) is 5.32 Å². The van der Waals surface area contributed by atoms with Crippen LogP contribution in [0.4, 0.5) is 4.79 Å². The molecule has 0 radical (unpaired) electrons. The molecule has 158 valence electrons. The molecule has 0 aliphatic carbocycles. The summed E-state index contributed by atoms with van der Waals surface area (Å²) in [5.74, 6) is 0.185. The number of carbonyl (C=O) groups excluding carboxylic acids is 1. The van der Waals surface area contributed by atoms with Gasteiger partial charge in [-0.05, 0) is 57.5 Å². The molecule has 0 saturated carbocycles. The zero-order valence-corrected chi connectivity index (χ0v) is 18.1. The molecule has 2 rings (SSSR count). The minimum atomic E-state index is -3.91. The smallest absolute Gasteiger partial charge is 0.407 e. The summed E-state index contributed by atoms with van der Waals surface area (Å²) in [6.45, 7) is 7.42. The second kappa shape index (κ2) is 9.28. The molecule has 7 nitrogen and oxygen atoms in total. The van der Waals surface area contributed by atoms with Crippen LogP contribution in [0.1, 0.15) is 38.0 Å². The van der Waals surface area contributed by atoms with Crippen LogP contribution in [0.2, 0.25) is 0 Å². The summed E-state index contributed by atoms with van der Waals surface area (Å²) in [4.78, 5) is 11.9. The topological polar surface area (TPSA) is 90.9 Å². The number of rotatable bonds is 7. The highest BCUT2D eigenvalue weighted by Gasteiger charge is 2.19. The Morgan fingerprint density at radius 2 is 1.62 bits per heavy atom. The molecule has 1 atom stereocenters. The molecular weight excluding hydrogens is 394 g/mol. The van der Waals surface area contributed by atoms with Crippen LogP contribution < -0.4 is 9.50 Å². The summed E-state index contributed by atoms with van der Waals surface area (Å²) in [7, 11) is -2.39.